The molecule has 1 rings (SSSR count). The van der Waals surface area contributed by atoms with Gasteiger partial charge in [0.1, 0.15) is 6.04 Å². The fraction of sp³-hybridized carbons (Fsp3) is 0.364. The monoisotopic (exact) mass is 261 g/mol. The van der Waals surface area contributed by atoms with E-state index >= 15 is 0 Å². The molecule has 0 bridgehead atoms. The van der Waals surface area contributed by atoms with Gasteiger partial charge in [0, 0.05) is 16.1 Å². The summed E-state index contributed by atoms with van der Waals surface area (Å²) in [6, 6.07) is 4.03. The number of carboxylic acid groups (broad SMARTS) is 1. The molecule has 0 aliphatic rings. The minimum Gasteiger partial charge on any atom is -0.480 e. The molecule has 1 unspecified atom stereocenters. The van der Waals surface area contributed by atoms with Crippen LogP contribution in [0.4, 0.5) is 0 Å². The third-order valence-electron chi connectivity index (χ3n) is 1.97. The molecule has 88 valence electrons. The molecule has 0 amide bonds. The molecule has 0 aliphatic heterocycles. The van der Waals surface area contributed by atoms with E-state index in [4.69, 9.17) is 28.3 Å². The molecule has 0 saturated carbocycles. The van der Waals surface area contributed by atoms with Crippen LogP contribution < -0.4 is 5.32 Å². The number of nitrogens with one attached hydrogen (secondary N) is 1. The van der Waals surface area contributed by atoms with Crippen LogP contribution in [-0.2, 0) is 4.79 Å². The molecule has 0 aromatic heterocycles. The van der Waals surface area contributed by atoms with Crippen molar-refractivity contribution in [1.29, 1.82) is 0 Å². The van der Waals surface area contributed by atoms with E-state index in [-0.39, 0.29) is 6.04 Å². The lowest BCUT2D eigenvalue weighted by Gasteiger charge is -2.18. The van der Waals surface area contributed by atoms with Gasteiger partial charge in [0.05, 0.1) is 0 Å². The Balaban J connectivity index is 3.05. The molecular weight excluding hydrogens is 249 g/mol. The summed E-state index contributed by atoms with van der Waals surface area (Å²) >= 11 is 11.7. The second kappa shape index (κ2) is 5.53. The van der Waals surface area contributed by atoms with Crippen LogP contribution in [0.1, 0.15) is 25.5 Å². The topological polar surface area (TPSA) is 49.3 Å². The molecule has 16 heavy (non-hydrogen) atoms. The lowest BCUT2D eigenvalue weighted by atomic mass is 10.1. The largest absolute Gasteiger partial charge is 0.480 e. The highest BCUT2D eigenvalue weighted by molar-refractivity contribution is 6.34. The Morgan fingerprint density at radius 3 is 2.12 bits per heavy atom. The second-order valence-electron chi connectivity index (χ2n) is 3.80. The van der Waals surface area contributed by atoms with E-state index < -0.39 is 12.0 Å². The van der Waals surface area contributed by atoms with Gasteiger partial charge < -0.3 is 5.11 Å². The third kappa shape index (κ3) is 3.67. The Kier molecular flexibility index (Phi) is 4.59. The van der Waals surface area contributed by atoms with Gasteiger partial charge in [0.15, 0.2) is 0 Å². The van der Waals surface area contributed by atoms with Crippen molar-refractivity contribution in [3.63, 3.8) is 0 Å². The molecule has 0 saturated heterocycles. The number of halogens is 2. The molecule has 0 fully saturated rings. The van der Waals surface area contributed by atoms with Crippen molar-refractivity contribution in [3.8, 4) is 0 Å². The summed E-state index contributed by atoms with van der Waals surface area (Å²) in [6.07, 6.45) is 0. The summed E-state index contributed by atoms with van der Waals surface area (Å²) in [5, 5.41) is 12.9. The Labute approximate surface area is 104 Å². The molecule has 0 spiro atoms. The summed E-state index contributed by atoms with van der Waals surface area (Å²) in [5.41, 5.74) is 0.554. The van der Waals surface area contributed by atoms with Gasteiger partial charge in [-0.05, 0) is 37.6 Å². The minimum absolute atomic E-state index is 0.0545. The van der Waals surface area contributed by atoms with E-state index in [1.54, 1.807) is 18.2 Å². The van der Waals surface area contributed by atoms with E-state index in [0.717, 1.165) is 0 Å². The van der Waals surface area contributed by atoms with Crippen LogP contribution in [0.15, 0.2) is 18.2 Å². The SMILES string of the molecule is CC(C)NC(C(=O)O)c1cc(Cl)cc(Cl)c1. The van der Waals surface area contributed by atoms with E-state index in [1.807, 2.05) is 13.8 Å². The quantitative estimate of drug-likeness (QED) is 0.876. The average Bonchev–Trinajstić information content (AvgIpc) is 2.11. The lowest BCUT2D eigenvalue weighted by Crippen LogP contribution is -2.33. The van der Waals surface area contributed by atoms with Gasteiger partial charge in [-0.2, -0.15) is 0 Å². The summed E-state index contributed by atoms with van der Waals surface area (Å²) in [6.45, 7) is 3.75. The Morgan fingerprint density at radius 2 is 1.75 bits per heavy atom. The lowest BCUT2D eigenvalue weighted by molar-refractivity contribution is -0.139. The van der Waals surface area contributed by atoms with Gasteiger partial charge in [-0.1, -0.05) is 23.2 Å². The number of carbonyl (C=O) groups is 1. The van der Waals surface area contributed by atoms with E-state index in [9.17, 15) is 4.79 Å². The smallest absolute Gasteiger partial charge is 0.325 e. The highest BCUT2D eigenvalue weighted by Crippen LogP contribution is 2.24. The molecule has 2 N–H and O–H groups in total. The summed E-state index contributed by atoms with van der Waals surface area (Å²) < 4.78 is 0. The maximum absolute atomic E-state index is 11.1. The molecule has 0 radical (unpaired) electrons. The predicted octanol–water partition coefficient (Wildman–Crippen LogP) is 3.12. The Bertz CT molecular complexity index is 373. The van der Waals surface area contributed by atoms with Crippen LogP contribution in [0.2, 0.25) is 10.0 Å². The zero-order valence-corrected chi connectivity index (χ0v) is 10.5. The molecule has 1 aromatic carbocycles. The van der Waals surface area contributed by atoms with Crippen molar-refractivity contribution in [1.82, 2.24) is 5.32 Å². The number of carboxylic acids is 1. The highest BCUT2D eigenvalue weighted by Gasteiger charge is 2.20. The van der Waals surface area contributed by atoms with Crippen LogP contribution in [-0.4, -0.2) is 17.1 Å². The molecule has 1 atom stereocenters. The number of aliphatic carboxylic acids is 1. The zero-order chi connectivity index (χ0) is 12.3. The van der Waals surface area contributed by atoms with Crippen LogP contribution in [0.5, 0.6) is 0 Å². The van der Waals surface area contributed by atoms with Crippen LogP contribution in [0.3, 0.4) is 0 Å². The van der Waals surface area contributed by atoms with Gasteiger partial charge in [-0.15, -0.1) is 0 Å². The molecule has 3 nitrogen and oxygen atoms in total. The predicted molar refractivity (Wildman–Crippen MR) is 65.1 cm³/mol. The molecule has 5 heteroatoms. The number of hydrogen-bond acceptors (Lipinski definition) is 2. The maximum Gasteiger partial charge on any atom is 0.325 e. The maximum atomic E-state index is 11.1. The molecule has 0 heterocycles. The van der Waals surface area contributed by atoms with Gasteiger partial charge in [0.2, 0.25) is 0 Å². The van der Waals surface area contributed by atoms with E-state index in [1.165, 1.54) is 0 Å². The standard InChI is InChI=1S/C11H13Cl2NO2/c1-6(2)14-10(11(15)16)7-3-8(12)5-9(13)4-7/h3-6,10,14H,1-2H3,(H,15,16). The van der Waals surface area contributed by atoms with Crippen molar-refractivity contribution in [3.05, 3.63) is 33.8 Å². The van der Waals surface area contributed by atoms with Gasteiger partial charge >= 0.3 is 5.97 Å². The molecule has 0 aliphatic carbocycles. The first-order valence-corrected chi connectivity index (χ1v) is 5.60. The molecule has 1 aromatic rings. The van der Waals surface area contributed by atoms with Crippen molar-refractivity contribution >= 4 is 29.2 Å². The first kappa shape index (κ1) is 13.3. The first-order valence-electron chi connectivity index (χ1n) is 4.85. The van der Waals surface area contributed by atoms with Crippen molar-refractivity contribution in [2.75, 3.05) is 0 Å². The van der Waals surface area contributed by atoms with Crippen LogP contribution in [0, 0.1) is 0 Å². The fourth-order valence-electron chi connectivity index (χ4n) is 1.39. The van der Waals surface area contributed by atoms with E-state index in [0.29, 0.717) is 15.6 Å². The van der Waals surface area contributed by atoms with Crippen LogP contribution in [0.25, 0.3) is 0 Å². The summed E-state index contributed by atoms with van der Waals surface area (Å²) in [7, 11) is 0. The minimum atomic E-state index is -0.952. The summed E-state index contributed by atoms with van der Waals surface area (Å²) in [5.74, 6) is -0.952. The Morgan fingerprint density at radius 1 is 1.25 bits per heavy atom. The van der Waals surface area contributed by atoms with Gasteiger partial charge in [-0.25, -0.2) is 0 Å². The number of rotatable bonds is 4. The third-order valence-corrected chi connectivity index (χ3v) is 2.40. The normalized spacial score (nSPS) is 12.8. The second-order valence-corrected chi connectivity index (χ2v) is 4.67. The number of hydrogen-bond donors (Lipinski definition) is 2. The average molecular weight is 262 g/mol. The molecular formula is C11H13Cl2NO2. The van der Waals surface area contributed by atoms with Gasteiger partial charge in [0.25, 0.3) is 0 Å². The highest BCUT2D eigenvalue weighted by atomic mass is 35.5. The first-order chi connectivity index (χ1) is 7.40. The summed E-state index contributed by atoms with van der Waals surface area (Å²) in [4.78, 5) is 11.1. The zero-order valence-electron chi connectivity index (χ0n) is 9.00. The van der Waals surface area contributed by atoms with Crippen molar-refractivity contribution in [2.45, 2.75) is 25.9 Å². The Hall–Kier alpha value is -0.770. The number of benzene rings is 1. The van der Waals surface area contributed by atoms with Crippen molar-refractivity contribution in [2.24, 2.45) is 0 Å². The van der Waals surface area contributed by atoms with Crippen molar-refractivity contribution < 1.29 is 9.90 Å². The van der Waals surface area contributed by atoms with Gasteiger partial charge in [-0.3, -0.25) is 10.1 Å². The fourth-order valence-corrected chi connectivity index (χ4v) is 1.93. The van der Waals surface area contributed by atoms with E-state index in [2.05, 4.69) is 5.32 Å². The van der Waals surface area contributed by atoms with Crippen LogP contribution >= 0.6 is 23.2 Å².